The Balaban J connectivity index is 2.12. The summed E-state index contributed by atoms with van der Waals surface area (Å²) >= 11 is 0. The Morgan fingerprint density at radius 1 is 1.19 bits per heavy atom. The third-order valence-corrected chi connectivity index (χ3v) is 4.13. The van der Waals surface area contributed by atoms with Crippen molar-refractivity contribution in [3.05, 3.63) is 35.9 Å². The van der Waals surface area contributed by atoms with E-state index in [0.29, 0.717) is 6.42 Å². The molecule has 1 saturated heterocycles. The molecule has 6 nitrogen and oxygen atoms in total. The SMILES string of the molecule is CCC[C@H]1C[C@H](C(=O)OCc2ccccc2)N(C(=O)OC(C)(C)C)C1=O. The summed E-state index contributed by atoms with van der Waals surface area (Å²) in [5, 5.41) is 0. The molecule has 2 amide bonds. The van der Waals surface area contributed by atoms with Crippen LogP contribution in [0.5, 0.6) is 0 Å². The molecule has 1 aliphatic heterocycles. The predicted octanol–water partition coefficient (Wildman–Crippen LogP) is 3.68. The molecule has 2 rings (SSSR count). The first-order valence-corrected chi connectivity index (χ1v) is 8.99. The van der Waals surface area contributed by atoms with E-state index in [1.54, 1.807) is 20.8 Å². The smallest absolute Gasteiger partial charge is 0.417 e. The summed E-state index contributed by atoms with van der Waals surface area (Å²) in [5.74, 6) is -1.30. The van der Waals surface area contributed by atoms with Crippen LogP contribution in [-0.2, 0) is 25.7 Å². The van der Waals surface area contributed by atoms with Crippen molar-refractivity contribution < 1.29 is 23.9 Å². The van der Waals surface area contributed by atoms with Gasteiger partial charge in [-0.2, -0.15) is 0 Å². The van der Waals surface area contributed by atoms with Gasteiger partial charge in [0, 0.05) is 5.92 Å². The number of esters is 1. The molecule has 0 unspecified atom stereocenters. The minimum absolute atomic E-state index is 0.102. The number of amides is 2. The second kappa shape index (κ2) is 8.34. The van der Waals surface area contributed by atoms with Gasteiger partial charge in [-0.25, -0.2) is 14.5 Å². The van der Waals surface area contributed by atoms with E-state index in [9.17, 15) is 14.4 Å². The van der Waals surface area contributed by atoms with E-state index in [4.69, 9.17) is 9.47 Å². The van der Waals surface area contributed by atoms with Crippen LogP contribution in [0.1, 0.15) is 52.5 Å². The molecule has 26 heavy (non-hydrogen) atoms. The number of nitrogens with zero attached hydrogens (tertiary/aromatic N) is 1. The summed E-state index contributed by atoms with van der Waals surface area (Å²) in [6.45, 7) is 7.23. The molecule has 0 spiro atoms. The van der Waals surface area contributed by atoms with Crippen molar-refractivity contribution in [2.45, 2.75) is 65.2 Å². The average molecular weight is 361 g/mol. The van der Waals surface area contributed by atoms with Crippen LogP contribution in [0.25, 0.3) is 0 Å². The fraction of sp³-hybridized carbons (Fsp3) is 0.550. The quantitative estimate of drug-likeness (QED) is 0.748. The van der Waals surface area contributed by atoms with E-state index in [0.717, 1.165) is 16.9 Å². The average Bonchev–Trinajstić information content (AvgIpc) is 2.89. The van der Waals surface area contributed by atoms with Crippen LogP contribution >= 0.6 is 0 Å². The van der Waals surface area contributed by atoms with Crippen molar-refractivity contribution in [3.63, 3.8) is 0 Å². The second-order valence-electron chi connectivity index (χ2n) is 7.52. The molecule has 1 aliphatic rings. The van der Waals surface area contributed by atoms with Crippen molar-refractivity contribution in [2.24, 2.45) is 5.92 Å². The van der Waals surface area contributed by atoms with E-state index in [1.807, 2.05) is 37.3 Å². The number of carbonyl (C=O) groups is 3. The number of likely N-dealkylation sites (tertiary alicyclic amines) is 1. The molecule has 0 aromatic heterocycles. The Morgan fingerprint density at radius 2 is 1.85 bits per heavy atom. The van der Waals surface area contributed by atoms with Crippen LogP contribution < -0.4 is 0 Å². The highest BCUT2D eigenvalue weighted by Gasteiger charge is 2.48. The lowest BCUT2D eigenvalue weighted by atomic mass is 10.00. The van der Waals surface area contributed by atoms with Gasteiger partial charge in [0.25, 0.3) is 0 Å². The summed E-state index contributed by atoms with van der Waals surface area (Å²) in [7, 11) is 0. The largest absolute Gasteiger partial charge is 0.459 e. The number of carbonyl (C=O) groups excluding carboxylic acids is 3. The summed E-state index contributed by atoms with van der Waals surface area (Å²) in [5.41, 5.74) is 0.0951. The third-order valence-electron chi connectivity index (χ3n) is 4.13. The first kappa shape index (κ1) is 19.9. The van der Waals surface area contributed by atoms with Crippen LogP contribution in [0.3, 0.4) is 0 Å². The van der Waals surface area contributed by atoms with Gasteiger partial charge in [-0.3, -0.25) is 4.79 Å². The van der Waals surface area contributed by atoms with Crippen LogP contribution in [0.15, 0.2) is 30.3 Å². The lowest BCUT2D eigenvalue weighted by Gasteiger charge is -2.26. The highest BCUT2D eigenvalue weighted by Crippen LogP contribution is 2.30. The highest BCUT2D eigenvalue weighted by atomic mass is 16.6. The van der Waals surface area contributed by atoms with Crippen LogP contribution in [0.2, 0.25) is 0 Å². The number of hydrogen-bond acceptors (Lipinski definition) is 5. The Bertz CT molecular complexity index is 650. The van der Waals surface area contributed by atoms with E-state index in [1.165, 1.54) is 0 Å². The molecule has 0 bridgehead atoms. The minimum atomic E-state index is -0.933. The van der Waals surface area contributed by atoms with Gasteiger partial charge in [-0.05, 0) is 39.2 Å². The monoisotopic (exact) mass is 361 g/mol. The molecule has 1 heterocycles. The molecule has 142 valence electrons. The summed E-state index contributed by atoms with van der Waals surface area (Å²) in [4.78, 5) is 38.6. The van der Waals surface area contributed by atoms with Gasteiger partial charge in [0.05, 0.1) is 0 Å². The number of imide groups is 1. The van der Waals surface area contributed by atoms with Gasteiger partial charge < -0.3 is 9.47 Å². The Morgan fingerprint density at radius 3 is 2.42 bits per heavy atom. The van der Waals surface area contributed by atoms with E-state index in [-0.39, 0.29) is 24.9 Å². The maximum atomic E-state index is 12.6. The van der Waals surface area contributed by atoms with Crippen LogP contribution in [0, 0.1) is 5.92 Å². The first-order valence-electron chi connectivity index (χ1n) is 8.99. The molecule has 0 N–H and O–H groups in total. The zero-order valence-electron chi connectivity index (χ0n) is 15.9. The summed E-state index contributed by atoms with van der Waals surface area (Å²) < 4.78 is 10.7. The van der Waals surface area contributed by atoms with Crippen LogP contribution in [0.4, 0.5) is 4.79 Å². The van der Waals surface area contributed by atoms with Crippen LogP contribution in [-0.4, -0.2) is 34.5 Å². The van der Waals surface area contributed by atoms with Crippen molar-refractivity contribution in [1.29, 1.82) is 0 Å². The molecule has 1 aromatic rings. The predicted molar refractivity (Wildman–Crippen MR) is 96.1 cm³/mol. The molecule has 1 aromatic carbocycles. The second-order valence-corrected chi connectivity index (χ2v) is 7.52. The number of hydrogen-bond donors (Lipinski definition) is 0. The van der Waals surface area contributed by atoms with Gasteiger partial charge in [0.2, 0.25) is 5.91 Å². The molecule has 0 saturated carbocycles. The normalized spacial score (nSPS) is 20.2. The fourth-order valence-electron chi connectivity index (χ4n) is 2.97. The molecule has 1 fully saturated rings. The number of benzene rings is 1. The zero-order chi connectivity index (χ0) is 19.3. The van der Waals surface area contributed by atoms with Gasteiger partial charge in [-0.15, -0.1) is 0 Å². The van der Waals surface area contributed by atoms with E-state index < -0.39 is 23.7 Å². The highest BCUT2D eigenvalue weighted by molar-refractivity contribution is 6.00. The maximum absolute atomic E-state index is 12.6. The molecular weight excluding hydrogens is 334 g/mol. The van der Waals surface area contributed by atoms with Crippen molar-refractivity contribution >= 4 is 18.0 Å². The van der Waals surface area contributed by atoms with Gasteiger partial charge in [0.15, 0.2) is 0 Å². The topological polar surface area (TPSA) is 72.9 Å². The molecule has 2 atom stereocenters. The lowest BCUT2D eigenvalue weighted by Crippen LogP contribution is -2.46. The summed E-state index contributed by atoms with van der Waals surface area (Å²) in [6.07, 6.45) is 0.910. The maximum Gasteiger partial charge on any atom is 0.417 e. The number of ether oxygens (including phenoxy) is 2. The van der Waals surface area contributed by atoms with E-state index >= 15 is 0 Å². The standard InChI is InChI=1S/C20H27NO5/c1-5-9-15-12-16(18(23)25-13-14-10-7-6-8-11-14)21(17(15)22)19(24)26-20(2,3)4/h6-8,10-11,15-16H,5,9,12-13H2,1-4H3/t15-,16+/m0/s1. The molecule has 6 heteroatoms. The van der Waals surface area contributed by atoms with E-state index in [2.05, 4.69) is 0 Å². The Kier molecular flexibility index (Phi) is 6.40. The van der Waals surface area contributed by atoms with Gasteiger partial charge >= 0.3 is 12.1 Å². The number of rotatable bonds is 5. The lowest BCUT2D eigenvalue weighted by molar-refractivity contribution is -0.152. The molecule has 0 aliphatic carbocycles. The Labute approximate surface area is 154 Å². The first-order chi connectivity index (χ1) is 12.2. The van der Waals surface area contributed by atoms with Crippen molar-refractivity contribution in [2.75, 3.05) is 0 Å². The molecule has 0 radical (unpaired) electrons. The van der Waals surface area contributed by atoms with Crippen molar-refractivity contribution in [1.82, 2.24) is 4.90 Å². The zero-order valence-corrected chi connectivity index (χ0v) is 15.9. The summed E-state index contributed by atoms with van der Waals surface area (Å²) in [6, 6.07) is 8.34. The third kappa shape index (κ3) is 5.07. The Hall–Kier alpha value is -2.37. The minimum Gasteiger partial charge on any atom is -0.459 e. The van der Waals surface area contributed by atoms with Crippen molar-refractivity contribution in [3.8, 4) is 0 Å². The molecular formula is C20H27NO5. The van der Waals surface area contributed by atoms with Gasteiger partial charge in [0.1, 0.15) is 18.2 Å². The van der Waals surface area contributed by atoms with Gasteiger partial charge in [-0.1, -0.05) is 43.7 Å². The fourth-order valence-corrected chi connectivity index (χ4v) is 2.97.